The zero-order valence-electron chi connectivity index (χ0n) is 8.32. The van der Waals surface area contributed by atoms with Crippen molar-refractivity contribution in [1.29, 1.82) is 0 Å². The Hall–Kier alpha value is -0.790. The monoisotopic (exact) mass is 181 g/mol. The number of hydrogen-bond acceptors (Lipinski definition) is 2. The van der Waals surface area contributed by atoms with Crippen molar-refractivity contribution in [2.45, 2.75) is 39.0 Å². The van der Waals surface area contributed by atoms with Crippen LogP contribution in [0.2, 0.25) is 0 Å². The lowest BCUT2D eigenvalue weighted by molar-refractivity contribution is 0.317. The van der Waals surface area contributed by atoms with E-state index in [1.807, 2.05) is 0 Å². The Morgan fingerprint density at radius 3 is 3.08 bits per heavy atom. The summed E-state index contributed by atoms with van der Waals surface area (Å²) in [5, 5.41) is 11.3. The molecule has 13 heavy (non-hydrogen) atoms. The zero-order valence-corrected chi connectivity index (χ0v) is 8.32. The highest BCUT2D eigenvalue weighted by molar-refractivity contribution is 5.56. The maximum absolute atomic E-state index is 8.28. The highest BCUT2D eigenvalue weighted by Gasteiger charge is 2.12. The number of oxime groups is 1. The van der Waals surface area contributed by atoms with Crippen LogP contribution in [0, 0.1) is 11.8 Å². The first-order valence-corrected chi connectivity index (χ1v) is 5.13. The molecule has 0 aromatic heterocycles. The molecule has 1 aliphatic rings. The highest BCUT2D eigenvalue weighted by Crippen LogP contribution is 2.25. The first kappa shape index (κ1) is 10.3. The van der Waals surface area contributed by atoms with Crippen LogP contribution in [-0.4, -0.2) is 11.4 Å². The van der Waals surface area contributed by atoms with Crippen molar-refractivity contribution in [1.82, 2.24) is 0 Å². The molecule has 0 saturated carbocycles. The van der Waals surface area contributed by atoms with Crippen molar-refractivity contribution in [2.75, 3.05) is 0 Å². The summed E-state index contributed by atoms with van der Waals surface area (Å²) in [5.74, 6) is 1.50. The third kappa shape index (κ3) is 4.11. The molecule has 1 N–H and O–H groups in total. The molecule has 74 valence electrons. The van der Waals surface area contributed by atoms with Crippen LogP contribution >= 0.6 is 0 Å². The van der Waals surface area contributed by atoms with Crippen LogP contribution in [0.4, 0.5) is 0 Å². The van der Waals surface area contributed by atoms with Crippen LogP contribution in [0.15, 0.2) is 17.3 Å². The Bertz CT molecular complexity index is 187. The van der Waals surface area contributed by atoms with Gasteiger partial charge in [-0.2, -0.15) is 0 Å². The second kappa shape index (κ2) is 5.79. The summed E-state index contributed by atoms with van der Waals surface area (Å²) in [6, 6.07) is 0. The van der Waals surface area contributed by atoms with Crippen molar-refractivity contribution in [2.24, 2.45) is 17.0 Å². The van der Waals surface area contributed by atoms with Gasteiger partial charge in [0.2, 0.25) is 0 Å². The summed E-state index contributed by atoms with van der Waals surface area (Å²) < 4.78 is 0. The van der Waals surface area contributed by atoms with Crippen LogP contribution in [0.1, 0.15) is 39.0 Å². The van der Waals surface area contributed by atoms with Crippen LogP contribution in [0.5, 0.6) is 0 Å². The molecule has 2 unspecified atom stereocenters. The number of hydrogen-bond donors (Lipinski definition) is 1. The fourth-order valence-electron chi connectivity index (χ4n) is 1.96. The molecule has 2 heteroatoms. The minimum Gasteiger partial charge on any atom is -0.411 e. The van der Waals surface area contributed by atoms with Crippen LogP contribution in [-0.2, 0) is 0 Å². The molecule has 0 saturated heterocycles. The lowest BCUT2D eigenvalue weighted by Gasteiger charge is -2.20. The minimum atomic E-state index is 0.646. The van der Waals surface area contributed by atoms with E-state index in [2.05, 4.69) is 24.2 Å². The summed E-state index contributed by atoms with van der Waals surface area (Å²) in [6.07, 6.45) is 12.1. The van der Waals surface area contributed by atoms with Crippen molar-refractivity contribution < 1.29 is 5.21 Å². The van der Waals surface area contributed by atoms with Crippen LogP contribution < -0.4 is 0 Å². The van der Waals surface area contributed by atoms with Gasteiger partial charge >= 0.3 is 0 Å². The molecule has 0 amide bonds. The largest absolute Gasteiger partial charge is 0.411 e. The van der Waals surface area contributed by atoms with Gasteiger partial charge in [0.05, 0.1) is 0 Å². The van der Waals surface area contributed by atoms with Gasteiger partial charge in [0.15, 0.2) is 0 Å². The Morgan fingerprint density at radius 2 is 2.46 bits per heavy atom. The maximum Gasteiger partial charge on any atom is 0.0438 e. The van der Waals surface area contributed by atoms with Gasteiger partial charge in [0.1, 0.15) is 0 Å². The summed E-state index contributed by atoms with van der Waals surface area (Å²) in [5.41, 5.74) is 0. The molecular weight excluding hydrogens is 162 g/mol. The van der Waals surface area contributed by atoms with E-state index in [9.17, 15) is 0 Å². The molecule has 0 aromatic carbocycles. The lowest BCUT2D eigenvalue weighted by atomic mass is 9.85. The Balaban J connectivity index is 2.19. The zero-order chi connectivity index (χ0) is 9.52. The average Bonchev–Trinajstić information content (AvgIpc) is 2.16. The summed E-state index contributed by atoms with van der Waals surface area (Å²) >= 11 is 0. The second-order valence-corrected chi connectivity index (χ2v) is 4.03. The number of nitrogens with zero attached hydrogens (tertiary/aromatic N) is 1. The summed E-state index contributed by atoms with van der Waals surface area (Å²) in [6.45, 7) is 2.22. The molecule has 0 bridgehead atoms. The normalized spacial score (nSPS) is 25.2. The van der Waals surface area contributed by atoms with Gasteiger partial charge in [-0.25, -0.2) is 0 Å². The van der Waals surface area contributed by atoms with Crippen LogP contribution in [0.25, 0.3) is 0 Å². The Labute approximate surface area is 80.3 Å². The standard InChI is InChI=1S/C11H19NO/c1-10(7-8-12-13)9-11-5-3-2-4-6-11/h2-3,8,10-11,13H,4-7,9H2,1H3. The molecule has 0 fully saturated rings. The highest BCUT2D eigenvalue weighted by atomic mass is 16.4. The molecule has 1 rings (SSSR count). The van der Waals surface area contributed by atoms with E-state index in [0.29, 0.717) is 5.92 Å². The van der Waals surface area contributed by atoms with Crippen molar-refractivity contribution in [3.05, 3.63) is 12.2 Å². The Kier molecular flexibility index (Phi) is 4.58. The number of allylic oxidation sites excluding steroid dienone is 2. The van der Waals surface area contributed by atoms with E-state index in [4.69, 9.17) is 5.21 Å². The minimum absolute atomic E-state index is 0.646. The molecule has 0 aromatic rings. The topological polar surface area (TPSA) is 32.6 Å². The third-order valence-corrected chi connectivity index (χ3v) is 2.70. The van der Waals surface area contributed by atoms with Gasteiger partial charge in [-0.3, -0.25) is 0 Å². The van der Waals surface area contributed by atoms with Gasteiger partial charge < -0.3 is 5.21 Å². The maximum atomic E-state index is 8.28. The van der Waals surface area contributed by atoms with E-state index >= 15 is 0 Å². The second-order valence-electron chi connectivity index (χ2n) is 4.03. The molecule has 2 atom stereocenters. The first-order chi connectivity index (χ1) is 6.33. The average molecular weight is 181 g/mol. The quantitative estimate of drug-likeness (QED) is 0.307. The van der Waals surface area contributed by atoms with E-state index in [1.54, 1.807) is 6.21 Å². The van der Waals surface area contributed by atoms with Gasteiger partial charge in [0, 0.05) is 6.21 Å². The lowest BCUT2D eigenvalue weighted by Crippen LogP contribution is -2.08. The molecule has 2 nitrogen and oxygen atoms in total. The third-order valence-electron chi connectivity index (χ3n) is 2.70. The van der Waals surface area contributed by atoms with E-state index in [-0.39, 0.29) is 0 Å². The van der Waals surface area contributed by atoms with Gasteiger partial charge in [-0.15, -0.1) is 5.16 Å². The summed E-state index contributed by atoms with van der Waals surface area (Å²) in [7, 11) is 0. The van der Waals surface area contributed by atoms with Crippen molar-refractivity contribution in [3.8, 4) is 0 Å². The Morgan fingerprint density at radius 1 is 1.62 bits per heavy atom. The smallest absolute Gasteiger partial charge is 0.0438 e. The van der Waals surface area contributed by atoms with E-state index < -0.39 is 0 Å². The summed E-state index contributed by atoms with van der Waals surface area (Å²) in [4.78, 5) is 0. The molecular formula is C11H19NO. The van der Waals surface area contributed by atoms with Gasteiger partial charge in [-0.05, 0) is 43.9 Å². The fourth-order valence-corrected chi connectivity index (χ4v) is 1.96. The SMILES string of the molecule is CC(CC=NO)CC1CC=CCC1. The van der Waals surface area contributed by atoms with Crippen molar-refractivity contribution >= 4 is 6.21 Å². The molecule has 0 heterocycles. The molecule has 0 spiro atoms. The van der Waals surface area contributed by atoms with Crippen LogP contribution in [0.3, 0.4) is 0 Å². The van der Waals surface area contributed by atoms with E-state index in [0.717, 1.165) is 12.3 Å². The number of rotatable bonds is 4. The predicted molar refractivity (Wildman–Crippen MR) is 55.2 cm³/mol. The molecule has 0 aliphatic heterocycles. The van der Waals surface area contributed by atoms with Crippen molar-refractivity contribution in [3.63, 3.8) is 0 Å². The van der Waals surface area contributed by atoms with E-state index in [1.165, 1.54) is 25.7 Å². The van der Waals surface area contributed by atoms with Gasteiger partial charge in [-0.1, -0.05) is 19.1 Å². The molecule has 0 radical (unpaired) electrons. The molecule has 1 aliphatic carbocycles. The first-order valence-electron chi connectivity index (χ1n) is 5.13. The predicted octanol–water partition coefficient (Wildman–Crippen LogP) is 3.22. The van der Waals surface area contributed by atoms with Gasteiger partial charge in [0.25, 0.3) is 0 Å². The fraction of sp³-hybridized carbons (Fsp3) is 0.727.